The van der Waals surface area contributed by atoms with Gasteiger partial charge in [-0.25, -0.2) is 4.39 Å². The molecule has 1 aromatic heterocycles. The lowest BCUT2D eigenvalue weighted by Gasteiger charge is -2.47. The van der Waals surface area contributed by atoms with Gasteiger partial charge in [-0.1, -0.05) is 23.5 Å². The second-order valence-electron chi connectivity index (χ2n) is 12.2. The molecule has 0 saturated carbocycles. The molecule has 3 aromatic carbocycles. The van der Waals surface area contributed by atoms with Gasteiger partial charge in [-0.3, -0.25) is 14.5 Å². The number of nitrogens with one attached hydrogen (secondary N) is 2. The molecule has 0 radical (unpaired) electrons. The smallest absolute Gasteiger partial charge is 0.305 e. The van der Waals surface area contributed by atoms with E-state index in [1.165, 1.54) is 24.3 Å². The number of fused-ring (bicyclic) bond motifs is 1. The lowest BCUT2D eigenvalue weighted by atomic mass is 9.89. The molecule has 0 bridgehead atoms. The Balaban J connectivity index is 0.962. The Morgan fingerprint density at radius 3 is 2.64 bits per heavy atom. The second kappa shape index (κ2) is 14.4. The van der Waals surface area contributed by atoms with Crippen molar-refractivity contribution in [3.63, 3.8) is 0 Å². The Labute approximate surface area is 275 Å². The van der Waals surface area contributed by atoms with E-state index in [9.17, 15) is 29.3 Å². The van der Waals surface area contributed by atoms with Crippen molar-refractivity contribution in [2.75, 3.05) is 52.5 Å². The average molecular weight is 667 g/mol. The van der Waals surface area contributed by atoms with Crippen LogP contribution in [0, 0.1) is 5.82 Å². The fraction of sp³-hybridized carbons (Fsp3) is 0.412. The fourth-order valence-corrected chi connectivity index (χ4v) is 7.27. The standard InChI is InChI=1S/C34H39FN4O7S/c35-24-16-22(7-10-36-18-29(42)27-5-6-28(41)31-32(27)47-33(44)37-31)15-23(17-24)19-38-11-8-34(9-12-38)21-39(13-14-46-34)30(43)20-45-26-3-1-25(40)2-4-26/h1-6,15-17,29,36,40-42H,7-14,18-21H2,(H,37,44). The molecule has 0 aliphatic carbocycles. The van der Waals surface area contributed by atoms with Crippen LogP contribution >= 0.6 is 11.3 Å². The molecule has 6 rings (SSSR count). The molecule has 2 aliphatic heterocycles. The van der Waals surface area contributed by atoms with Gasteiger partial charge in [-0.15, -0.1) is 0 Å². The minimum atomic E-state index is -0.882. The van der Waals surface area contributed by atoms with Gasteiger partial charge in [-0.2, -0.15) is 0 Å². The van der Waals surface area contributed by atoms with Crippen LogP contribution in [0.2, 0.25) is 0 Å². The molecule has 1 atom stereocenters. The minimum absolute atomic E-state index is 0.0384. The Kier molecular flexibility index (Phi) is 10.1. The number of rotatable bonds is 11. The van der Waals surface area contributed by atoms with Crippen molar-refractivity contribution in [3.8, 4) is 17.2 Å². The maximum Gasteiger partial charge on any atom is 0.305 e. The summed E-state index contributed by atoms with van der Waals surface area (Å²) in [6.45, 7) is 4.29. The van der Waals surface area contributed by atoms with Crippen LogP contribution in [-0.4, -0.2) is 94.1 Å². The number of aliphatic hydroxyl groups excluding tert-OH is 1. The van der Waals surface area contributed by atoms with Crippen molar-refractivity contribution in [2.24, 2.45) is 0 Å². The predicted octanol–water partition coefficient (Wildman–Crippen LogP) is 3.28. The Bertz CT molecular complexity index is 1750. The van der Waals surface area contributed by atoms with E-state index in [-0.39, 0.29) is 41.2 Å². The quantitative estimate of drug-likeness (QED) is 0.152. The van der Waals surface area contributed by atoms with E-state index in [0.29, 0.717) is 60.7 Å². The van der Waals surface area contributed by atoms with E-state index in [1.54, 1.807) is 29.2 Å². The molecule has 5 N–H and O–H groups in total. The molecule has 1 spiro atoms. The molecule has 1 amide bonds. The summed E-state index contributed by atoms with van der Waals surface area (Å²) < 4.78 is 27.0. The lowest BCUT2D eigenvalue weighted by Crippen LogP contribution is -2.58. The fourth-order valence-electron chi connectivity index (χ4n) is 6.35. The van der Waals surface area contributed by atoms with Crippen molar-refractivity contribution in [3.05, 3.63) is 86.8 Å². The molecule has 4 aromatic rings. The molecule has 11 nitrogen and oxygen atoms in total. The Morgan fingerprint density at radius 2 is 1.85 bits per heavy atom. The molecule has 2 saturated heterocycles. The highest BCUT2D eigenvalue weighted by molar-refractivity contribution is 7.16. The maximum absolute atomic E-state index is 14.6. The van der Waals surface area contributed by atoms with Gasteiger partial charge in [0.05, 0.1) is 23.0 Å². The highest BCUT2D eigenvalue weighted by Crippen LogP contribution is 2.32. The lowest BCUT2D eigenvalue weighted by molar-refractivity contribution is -0.161. The van der Waals surface area contributed by atoms with Gasteiger partial charge in [0.2, 0.25) is 0 Å². The summed E-state index contributed by atoms with van der Waals surface area (Å²) in [7, 11) is 0. The van der Waals surface area contributed by atoms with Crippen molar-refractivity contribution in [2.45, 2.75) is 37.5 Å². The third-order valence-corrected chi connectivity index (χ3v) is 9.80. The molecule has 1 unspecified atom stereocenters. The zero-order chi connectivity index (χ0) is 33.0. The largest absolute Gasteiger partial charge is 0.508 e. The van der Waals surface area contributed by atoms with E-state index in [1.807, 2.05) is 6.07 Å². The number of piperidine rings is 1. The van der Waals surface area contributed by atoms with Crippen LogP contribution in [0.1, 0.15) is 35.6 Å². The number of likely N-dealkylation sites (tertiary alicyclic amines) is 1. The molecule has 13 heteroatoms. The summed E-state index contributed by atoms with van der Waals surface area (Å²) in [5.74, 6) is 0.226. The summed E-state index contributed by atoms with van der Waals surface area (Å²) in [5, 5.41) is 33.4. The van der Waals surface area contributed by atoms with Gasteiger partial charge >= 0.3 is 4.87 Å². The number of aromatic amines is 1. The Morgan fingerprint density at radius 1 is 1.09 bits per heavy atom. The number of carbonyl (C=O) groups excluding carboxylic acids is 1. The van der Waals surface area contributed by atoms with Crippen molar-refractivity contribution in [1.82, 2.24) is 20.1 Å². The van der Waals surface area contributed by atoms with Crippen LogP contribution in [0.15, 0.2) is 59.4 Å². The first kappa shape index (κ1) is 32.9. The predicted molar refractivity (Wildman–Crippen MR) is 175 cm³/mol. The molecule has 47 heavy (non-hydrogen) atoms. The third kappa shape index (κ3) is 8.11. The summed E-state index contributed by atoms with van der Waals surface area (Å²) in [5.41, 5.74) is 2.21. The molecule has 250 valence electrons. The molecular weight excluding hydrogens is 627 g/mol. The summed E-state index contributed by atoms with van der Waals surface area (Å²) in [6, 6.07) is 14.4. The first-order chi connectivity index (χ1) is 22.7. The van der Waals surface area contributed by atoms with Gasteiger partial charge in [0.1, 0.15) is 28.6 Å². The highest BCUT2D eigenvalue weighted by Gasteiger charge is 2.41. The minimum Gasteiger partial charge on any atom is -0.508 e. The van der Waals surface area contributed by atoms with Gasteiger partial charge in [0, 0.05) is 44.8 Å². The molecule has 2 fully saturated rings. The summed E-state index contributed by atoms with van der Waals surface area (Å²) in [6.07, 6.45) is 1.21. The average Bonchev–Trinajstić information content (AvgIpc) is 3.46. The first-order valence-corrected chi connectivity index (χ1v) is 16.6. The number of aliphatic hydroxyl groups is 1. The third-order valence-electron chi connectivity index (χ3n) is 8.87. The number of thiazole rings is 1. The van der Waals surface area contributed by atoms with Crippen LogP contribution in [0.25, 0.3) is 10.2 Å². The maximum atomic E-state index is 14.6. The normalized spacial score (nSPS) is 17.3. The number of ether oxygens (including phenoxy) is 2. The van der Waals surface area contributed by atoms with Gasteiger partial charge in [0.25, 0.3) is 5.91 Å². The number of amides is 1. The number of morpholine rings is 1. The van der Waals surface area contributed by atoms with E-state index < -0.39 is 11.7 Å². The number of aromatic hydroxyl groups is 2. The van der Waals surface area contributed by atoms with E-state index in [0.717, 1.165) is 48.4 Å². The number of H-pyrrole nitrogens is 1. The molecule has 3 heterocycles. The second-order valence-corrected chi connectivity index (χ2v) is 13.2. The van der Waals surface area contributed by atoms with Crippen LogP contribution in [0.5, 0.6) is 17.2 Å². The topological polar surface area (TPSA) is 148 Å². The van der Waals surface area contributed by atoms with E-state index in [4.69, 9.17) is 9.47 Å². The van der Waals surface area contributed by atoms with Crippen molar-refractivity contribution >= 4 is 27.5 Å². The first-order valence-electron chi connectivity index (χ1n) is 15.7. The number of hydrogen-bond donors (Lipinski definition) is 5. The van der Waals surface area contributed by atoms with Crippen LogP contribution in [-0.2, 0) is 22.5 Å². The number of halogens is 1. The number of phenols is 2. The van der Waals surface area contributed by atoms with Gasteiger partial charge in [0.15, 0.2) is 6.61 Å². The van der Waals surface area contributed by atoms with E-state index in [2.05, 4.69) is 15.2 Å². The van der Waals surface area contributed by atoms with Gasteiger partial charge < -0.3 is 40.0 Å². The molecule has 2 aliphatic rings. The number of benzene rings is 3. The van der Waals surface area contributed by atoms with Crippen LogP contribution in [0.3, 0.4) is 0 Å². The van der Waals surface area contributed by atoms with E-state index >= 15 is 0 Å². The number of phenolic OH excluding ortho intramolecular Hbond substituents is 2. The number of aromatic nitrogens is 1. The zero-order valence-corrected chi connectivity index (χ0v) is 26.7. The molecular formula is C34H39FN4O7S. The SMILES string of the molecule is O=C(COc1ccc(O)cc1)N1CCOC2(CCN(Cc3cc(F)cc(CCNCC(O)c4ccc(O)c5[nH]c(=O)sc45)c3)CC2)C1. The van der Waals surface area contributed by atoms with Crippen LogP contribution in [0.4, 0.5) is 4.39 Å². The number of nitrogens with zero attached hydrogens (tertiary/aromatic N) is 2. The number of hydrogen-bond acceptors (Lipinski definition) is 10. The number of carbonyl (C=O) groups is 1. The summed E-state index contributed by atoms with van der Waals surface area (Å²) >= 11 is 0.946. The van der Waals surface area contributed by atoms with Gasteiger partial charge in [-0.05, 0) is 79.4 Å². The summed E-state index contributed by atoms with van der Waals surface area (Å²) in [4.78, 5) is 31.1. The zero-order valence-electron chi connectivity index (χ0n) is 25.9. The Hall–Kier alpha value is -4.01. The van der Waals surface area contributed by atoms with Crippen molar-refractivity contribution in [1.29, 1.82) is 0 Å². The van der Waals surface area contributed by atoms with Crippen molar-refractivity contribution < 1.29 is 34.0 Å². The monoisotopic (exact) mass is 666 g/mol. The van der Waals surface area contributed by atoms with Crippen LogP contribution < -0.4 is 14.9 Å². The highest BCUT2D eigenvalue weighted by atomic mass is 32.1.